The SMILES string of the molecule is Cc1ccc(C)c(CCNC(=O)C(N)C(=O)O)c1. The number of nitrogens with one attached hydrogen (secondary N) is 1. The summed E-state index contributed by atoms with van der Waals surface area (Å²) in [5.41, 5.74) is 8.63. The van der Waals surface area contributed by atoms with E-state index in [1.54, 1.807) is 0 Å². The molecule has 0 fully saturated rings. The number of carboxylic acid groups (broad SMARTS) is 1. The number of rotatable bonds is 5. The maximum Gasteiger partial charge on any atom is 0.330 e. The molecule has 0 aliphatic carbocycles. The number of aliphatic carboxylic acids is 1. The Morgan fingerprint density at radius 1 is 1.39 bits per heavy atom. The summed E-state index contributed by atoms with van der Waals surface area (Å²) in [6.07, 6.45) is 0.658. The van der Waals surface area contributed by atoms with Crippen LogP contribution in [0.4, 0.5) is 0 Å². The lowest BCUT2D eigenvalue weighted by Gasteiger charge is -2.10. The van der Waals surface area contributed by atoms with Gasteiger partial charge in [0.05, 0.1) is 0 Å². The van der Waals surface area contributed by atoms with E-state index in [1.165, 1.54) is 0 Å². The minimum absolute atomic E-state index is 0.379. The topological polar surface area (TPSA) is 92.4 Å². The van der Waals surface area contributed by atoms with Crippen LogP contribution < -0.4 is 11.1 Å². The van der Waals surface area contributed by atoms with Crippen LogP contribution in [0.2, 0.25) is 0 Å². The van der Waals surface area contributed by atoms with E-state index in [2.05, 4.69) is 11.4 Å². The fourth-order valence-electron chi connectivity index (χ4n) is 1.61. The molecule has 0 saturated carbocycles. The molecule has 0 aromatic heterocycles. The van der Waals surface area contributed by atoms with Crippen LogP contribution in [0.3, 0.4) is 0 Å². The third kappa shape index (κ3) is 3.85. The molecule has 1 aromatic carbocycles. The van der Waals surface area contributed by atoms with Gasteiger partial charge in [-0.05, 0) is 31.4 Å². The van der Waals surface area contributed by atoms with Crippen LogP contribution in [-0.2, 0) is 16.0 Å². The first-order chi connectivity index (χ1) is 8.41. The van der Waals surface area contributed by atoms with Crippen molar-refractivity contribution in [3.05, 3.63) is 34.9 Å². The van der Waals surface area contributed by atoms with Gasteiger partial charge in [-0.1, -0.05) is 23.8 Å². The Hall–Kier alpha value is -1.88. The molecular weight excluding hydrogens is 232 g/mol. The summed E-state index contributed by atoms with van der Waals surface area (Å²) in [5.74, 6) is -1.98. The lowest BCUT2D eigenvalue weighted by atomic mass is 10.0. The van der Waals surface area contributed by atoms with E-state index < -0.39 is 17.9 Å². The molecule has 4 N–H and O–H groups in total. The molecule has 0 aliphatic rings. The Bertz CT molecular complexity index is 458. The van der Waals surface area contributed by atoms with Crippen molar-refractivity contribution >= 4 is 11.9 Å². The fraction of sp³-hybridized carbons (Fsp3) is 0.385. The molecule has 0 spiro atoms. The van der Waals surface area contributed by atoms with Gasteiger partial charge in [0.2, 0.25) is 5.91 Å². The zero-order valence-electron chi connectivity index (χ0n) is 10.6. The molecule has 1 rings (SSSR count). The minimum Gasteiger partial charge on any atom is -0.480 e. The quantitative estimate of drug-likeness (QED) is 0.658. The molecule has 98 valence electrons. The van der Waals surface area contributed by atoms with Gasteiger partial charge in [0.15, 0.2) is 6.04 Å². The van der Waals surface area contributed by atoms with Crippen LogP contribution in [-0.4, -0.2) is 29.6 Å². The molecular formula is C13H18N2O3. The van der Waals surface area contributed by atoms with Gasteiger partial charge in [0.25, 0.3) is 0 Å². The molecule has 1 amide bonds. The molecule has 1 unspecified atom stereocenters. The highest BCUT2D eigenvalue weighted by molar-refractivity contribution is 6.00. The van der Waals surface area contributed by atoms with Crippen molar-refractivity contribution in [1.29, 1.82) is 0 Å². The molecule has 1 atom stereocenters. The second kappa shape index (κ2) is 6.16. The van der Waals surface area contributed by atoms with E-state index in [0.29, 0.717) is 13.0 Å². The summed E-state index contributed by atoms with van der Waals surface area (Å²) in [6, 6.07) is 4.61. The highest BCUT2D eigenvalue weighted by Crippen LogP contribution is 2.10. The summed E-state index contributed by atoms with van der Waals surface area (Å²) < 4.78 is 0. The minimum atomic E-state index is -1.50. The van der Waals surface area contributed by atoms with Gasteiger partial charge in [-0.25, -0.2) is 4.79 Å². The number of carbonyl (C=O) groups is 2. The molecule has 0 radical (unpaired) electrons. The fourth-order valence-corrected chi connectivity index (χ4v) is 1.61. The molecule has 1 aromatic rings. The van der Waals surface area contributed by atoms with Gasteiger partial charge in [-0.2, -0.15) is 0 Å². The number of hydrogen-bond donors (Lipinski definition) is 3. The van der Waals surface area contributed by atoms with E-state index >= 15 is 0 Å². The summed E-state index contributed by atoms with van der Waals surface area (Å²) in [7, 11) is 0. The van der Waals surface area contributed by atoms with E-state index in [-0.39, 0.29) is 0 Å². The van der Waals surface area contributed by atoms with Crippen LogP contribution in [0, 0.1) is 13.8 Å². The van der Waals surface area contributed by atoms with Crippen molar-refractivity contribution in [2.45, 2.75) is 26.3 Å². The largest absolute Gasteiger partial charge is 0.480 e. The second-order valence-corrected chi connectivity index (χ2v) is 4.29. The lowest BCUT2D eigenvalue weighted by Crippen LogP contribution is -2.46. The molecule has 5 heteroatoms. The van der Waals surface area contributed by atoms with Gasteiger partial charge in [0, 0.05) is 6.54 Å². The first-order valence-corrected chi connectivity index (χ1v) is 5.74. The van der Waals surface area contributed by atoms with Gasteiger partial charge >= 0.3 is 5.97 Å². The highest BCUT2D eigenvalue weighted by atomic mass is 16.4. The molecule has 0 aliphatic heterocycles. The van der Waals surface area contributed by atoms with Gasteiger partial charge < -0.3 is 16.2 Å². The van der Waals surface area contributed by atoms with E-state index in [9.17, 15) is 9.59 Å². The Labute approximate surface area is 106 Å². The van der Waals surface area contributed by atoms with Gasteiger partial charge in [-0.3, -0.25) is 4.79 Å². The maximum atomic E-state index is 11.3. The molecule has 0 bridgehead atoms. The number of hydrogen-bond acceptors (Lipinski definition) is 3. The first-order valence-electron chi connectivity index (χ1n) is 5.74. The van der Waals surface area contributed by atoms with Crippen LogP contribution in [0.1, 0.15) is 16.7 Å². The monoisotopic (exact) mass is 250 g/mol. The standard InChI is InChI=1S/C13H18N2O3/c1-8-3-4-9(2)10(7-8)5-6-15-12(16)11(14)13(17)18/h3-4,7,11H,5-6,14H2,1-2H3,(H,15,16)(H,17,18). The molecule has 18 heavy (non-hydrogen) atoms. The van der Waals surface area contributed by atoms with Crippen molar-refractivity contribution in [2.75, 3.05) is 6.54 Å². The van der Waals surface area contributed by atoms with Crippen LogP contribution >= 0.6 is 0 Å². The summed E-state index contributed by atoms with van der Waals surface area (Å²) in [6.45, 7) is 4.38. The third-order valence-electron chi connectivity index (χ3n) is 2.75. The maximum absolute atomic E-state index is 11.3. The number of amides is 1. The number of nitrogens with two attached hydrogens (primary N) is 1. The average Bonchev–Trinajstić information content (AvgIpc) is 2.32. The third-order valence-corrected chi connectivity index (χ3v) is 2.75. The smallest absolute Gasteiger partial charge is 0.330 e. The predicted octanol–water partition coefficient (Wildman–Crippen LogP) is 0.374. The van der Waals surface area contributed by atoms with Crippen molar-refractivity contribution in [1.82, 2.24) is 5.32 Å². The molecule has 0 heterocycles. The summed E-state index contributed by atoms with van der Waals surface area (Å²) in [5, 5.41) is 11.1. The van der Waals surface area contributed by atoms with E-state index in [0.717, 1.165) is 16.7 Å². The Morgan fingerprint density at radius 2 is 2.06 bits per heavy atom. The Balaban J connectivity index is 2.49. The van der Waals surface area contributed by atoms with Crippen molar-refractivity contribution in [3.8, 4) is 0 Å². The normalized spacial score (nSPS) is 11.9. The van der Waals surface area contributed by atoms with Crippen molar-refractivity contribution in [3.63, 3.8) is 0 Å². The number of aryl methyl sites for hydroxylation is 2. The average molecular weight is 250 g/mol. The summed E-state index contributed by atoms with van der Waals surface area (Å²) in [4.78, 5) is 21.8. The van der Waals surface area contributed by atoms with E-state index in [1.807, 2.05) is 26.0 Å². The number of carboxylic acids is 1. The molecule has 0 saturated heterocycles. The highest BCUT2D eigenvalue weighted by Gasteiger charge is 2.20. The summed E-state index contributed by atoms with van der Waals surface area (Å²) >= 11 is 0. The first kappa shape index (κ1) is 14.2. The second-order valence-electron chi connectivity index (χ2n) is 4.29. The zero-order chi connectivity index (χ0) is 13.7. The predicted molar refractivity (Wildman–Crippen MR) is 68.2 cm³/mol. The zero-order valence-corrected chi connectivity index (χ0v) is 10.6. The lowest BCUT2D eigenvalue weighted by molar-refractivity contribution is -0.142. The van der Waals surface area contributed by atoms with Crippen molar-refractivity contribution < 1.29 is 14.7 Å². The molecule has 5 nitrogen and oxygen atoms in total. The Kier molecular flexibility index (Phi) is 4.85. The van der Waals surface area contributed by atoms with E-state index in [4.69, 9.17) is 10.8 Å². The van der Waals surface area contributed by atoms with Crippen LogP contribution in [0.25, 0.3) is 0 Å². The van der Waals surface area contributed by atoms with Gasteiger partial charge in [-0.15, -0.1) is 0 Å². The van der Waals surface area contributed by atoms with Crippen molar-refractivity contribution in [2.24, 2.45) is 5.73 Å². The number of carbonyl (C=O) groups excluding carboxylic acids is 1. The van der Waals surface area contributed by atoms with Crippen LogP contribution in [0.15, 0.2) is 18.2 Å². The Morgan fingerprint density at radius 3 is 2.67 bits per heavy atom. The van der Waals surface area contributed by atoms with Crippen LogP contribution in [0.5, 0.6) is 0 Å². The van der Waals surface area contributed by atoms with Gasteiger partial charge in [0.1, 0.15) is 0 Å². The number of benzene rings is 1.